The normalized spacial score (nSPS) is 11.1. The van der Waals surface area contributed by atoms with E-state index in [-0.39, 0.29) is 0 Å². The number of hydrogen-bond donors (Lipinski definition) is 0. The summed E-state index contributed by atoms with van der Waals surface area (Å²) in [7, 11) is 1.70. The molecule has 0 radical (unpaired) electrons. The number of methoxy groups -OCH3 is 1. The summed E-state index contributed by atoms with van der Waals surface area (Å²) in [6.07, 6.45) is 2.32. The highest BCUT2D eigenvalue weighted by molar-refractivity contribution is 6.01. The van der Waals surface area contributed by atoms with Crippen LogP contribution >= 0.6 is 0 Å². The van der Waals surface area contributed by atoms with Gasteiger partial charge in [-0.2, -0.15) is 0 Å². The summed E-state index contributed by atoms with van der Waals surface area (Å²) in [6, 6.07) is 80.9. The zero-order chi connectivity index (χ0) is 39.5. The summed E-state index contributed by atoms with van der Waals surface area (Å²) >= 11 is 0. The number of fused-ring (bicyclic) bond motifs is 1. The van der Waals surface area contributed by atoms with Crippen LogP contribution in [-0.4, -0.2) is 11.7 Å². The Kier molecular flexibility index (Phi) is 9.50. The van der Waals surface area contributed by atoms with Crippen molar-refractivity contribution in [3.05, 3.63) is 231 Å². The molecule has 0 N–H and O–H groups in total. The summed E-state index contributed by atoms with van der Waals surface area (Å²) in [5.41, 5.74) is 18.8. The Morgan fingerprint density at radius 1 is 0.305 bits per heavy atom. The highest BCUT2D eigenvalue weighted by Gasteiger charge is 2.17. The van der Waals surface area contributed by atoms with Crippen molar-refractivity contribution >= 4 is 10.9 Å². The van der Waals surface area contributed by atoms with Gasteiger partial charge in [-0.1, -0.05) is 152 Å². The molecule has 2 heteroatoms. The van der Waals surface area contributed by atoms with E-state index in [1.807, 2.05) is 12.1 Å². The van der Waals surface area contributed by atoms with Crippen molar-refractivity contribution in [2.75, 3.05) is 7.11 Å². The summed E-state index contributed by atoms with van der Waals surface area (Å²) in [4.78, 5) is 0. The number of nitrogens with zero attached hydrogens (tertiary/aromatic N) is 1. The molecule has 0 aliphatic heterocycles. The minimum Gasteiger partial charge on any atom is -0.497 e. The lowest BCUT2D eigenvalue weighted by Crippen LogP contribution is -1.92. The van der Waals surface area contributed by atoms with Crippen LogP contribution in [0.1, 0.15) is 0 Å². The quantitative estimate of drug-likeness (QED) is 0.143. The van der Waals surface area contributed by atoms with E-state index in [0.717, 1.165) is 28.1 Å². The van der Waals surface area contributed by atoms with Gasteiger partial charge in [0.05, 0.1) is 12.6 Å². The van der Waals surface area contributed by atoms with Gasteiger partial charge >= 0.3 is 0 Å². The SMILES string of the molecule is COc1ccc(-c2ccc(-n3cc(-c4cc(-c5ccccc5)cc(-c5ccccc5)c4)c4cc(-c5cc(-c6ccccc6)cc(-c6ccccc6)c5)ccc43)cc2)cc1. The summed E-state index contributed by atoms with van der Waals surface area (Å²) < 4.78 is 7.76. The minimum atomic E-state index is 0.853. The standard InChI is InChI=1S/C57H41NO/c1-59-54-29-24-45(25-30-54)44-22-27-53(28-23-44)58-39-56(52-36-49(42-18-10-4-11-19-42)33-50(37-52)43-20-12-5-13-21-43)55-38-46(26-31-57(55)58)51-34-47(40-14-6-2-7-15-40)32-48(35-51)41-16-8-3-9-17-41/h2-39H,1H3. The molecule has 0 bridgehead atoms. The van der Waals surface area contributed by atoms with Gasteiger partial charge in [0.1, 0.15) is 5.75 Å². The van der Waals surface area contributed by atoms with E-state index in [9.17, 15) is 0 Å². The van der Waals surface area contributed by atoms with Crippen molar-refractivity contribution in [3.63, 3.8) is 0 Å². The maximum atomic E-state index is 5.41. The molecule has 0 aliphatic rings. The summed E-state index contributed by atoms with van der Waals surface area (Å²) in [5.74, 6) is 0.853. The Morgan fingerprint density at radius 2 is 0.661 bits per heavy atom. The third kappa shape index (κ3) is 7.25. The third-order valence-corrected chi connectivity index (χ3v) is 11.3. The van der Waals surface area contributed by atoms with E-state index in [4.69, 9.17) is 4.74 Å². The Labute approximate surface area is 345 Å². The lowest BCUT2D eigenvalue weighted by molar-refractivity contribution is 0.415. The van der Waals surface area contributed by atoms with Crippen LogP contribution in [0, 0.1) is 0 Å². The molecule has 59 heavy (non-hydrogen) atoms. The van der Waals surface area contributed by atoms with Crippen LogP contribution in [0.4, 0.5) is 0 Å². The van der Waals surface area contributed by atoms with Gasteiger partial charge in [0, 0.05) is 22.8 Å². The molecule has 9 aromatic carbocycles. The van der Waals surface area contributed by atoms with Gasteiger partial charge in [-0.15, -0.1) is 0 Å². The number of aromatic nitrogens is 1. The zero-order valence-corrected chi connectivity index (χ0v) is 32.8. The molecule has 1 aromatic heterocycles. The fourth-order valence-electron chi connectivity index (χ4n) is 8.22. The largest absolute Gasteiger partial charge is 0.497 e. The predicted octanol–water partition coefficient (Wildman–Crippen LogP) is 15.3. The van der Waals surface area contributed by atoms with Gasteiger partial charge in [-0.3, -0.25) is 0 Å². The van der Waals surface area contributed by atoms with Crippen molar-refractivity contribution in [2.24, 2.45) is 0 Å². The van der Waals surface area contributed by atoms with Gasteiger partial charge in [-0.05, 0) is 145 Å². The highest BCUT2D eigenvalue weighted by Crippen LogP contribution is 2.41. The molecule has 0 amide bonds. The second-order valence-corrected chi connectivity index (χ2v) is 15.0. The van der Waals surface area contributed by atoms with Crippen molar-refractivity contribution in [2.45, 2.75) is 0 Å². The van der Waals surface area contributed by atoms with E-state index in [1.54, 1.807) is 7.11 Å². The molecule has 0 aliphatic carbocycles. The third-order valence-electron chi connectivity index (χ3n) is 11.3. The van der Waals surface area contributed by atoms with Crippen molar-refractivity contribution in [3.8, 4) is 89.3 Å². The molecule has 0 atom stereocenters. The van der Waals surface area contributed by atoms with Gasteiger partial charge < -0.3 is 9.30 Å². The molecular formula is C57H41NO. The van der Waals surface area contributed by atoms with Crippen molar-refractivity contribution < 1.29 is 4.74 Å². The smallest absolute Gasteiger partial charge is 0.118 e. The fourth-order valence-corrected chi connectivity index (χ4v) is 8.22. The van der Waals surface area contributed by atoms with Gasteiger partial charge in [0.2, 0.25) is 0 Å². The highest BCUT2D eigenvalue weighted by atomic mass is 16.5. The maximum Gasteiger partial charge on any atom is 0.118 e. The molecule has 1 heterocycles. The Morgan fingerprint density at radius 3 is 1.08 bits per heavy atom. The zero-order valence-electron chi connectivity index (χ0n) is 32.8. The van der Waals surface area contributed by atoms with E-state index in [0.29, 0.717) is 0 Å². The molecular weight excluding hydrogens is 715 g/mol. The van der Waals surface area contributed by atoms with E-state index in [1.165, 1.54) is 72.1 Å². The maximum absolute atomic E-state index is 5.41. The van der Waals surface area contributed by atoms with Crippen LogP contribution in [0.15, 0.2) is 231 Å². The first-order chi connectivity index (χ1) is 29.2. The van der Waals surface area contributed by atoms with Crippen LogP contribution < -0.4 is 4.74 Å². The van der Waals surface area contributed by atoms with E-state index < -0.39 is 0 Å². The Hall–Kier alpha value is -7.68. The Bertz CT molecular complexity index is 2910. The van der Waals surface area contributed by atoms with Crippen molar-refractivity contribution in [1.82, 2.24) is 4.57 Å². The monoisotopic (exact) mass is 755 g/mol. The molecule has 0 saturated heterocycles. The van der Waals surface area contributed by atoms with Gasteiger partial charge in [0.15, 0.2) is 0 Å². The molecule has 10 aromatic rings. The predicted molar refractivity (Wildman–Crippen MR) is 248 cm³/mol. The molecule has 0 saturated carbocycles. The van der Waals surface area contributed by atoms with E-state index in [2.05, 4.69) is 223 Å². The van der Waals surface area contributed by atoms with Crippen molar-refractivity contribution in [1.29, 1.82) is 0 Å². The second-order valence-electron chi connectivity index (χ2n) is 15.0. The van der Waals surface area contributed by atoms with Crippen LogP contribution in [0.2, 0.25) is 0 Å². The fraction of sp³-hybridized carbons (Fsp3) is 0.0175. The minimum absolute atomic E-state index is 0.853. The molecule has 10 rings (SSSR count). The van der Waals surface area contributed by atoms with Gasteiger partial charge in [-0.25, -0.2) is 0 Å². The number of ether oxygens (including phenoxy) is 1. The second kappa shape index (κ2) is 15.7. The van der Waals surface area contributed by atoms with Crippen LogP contribution in [-0.2, 0) is 0 Å². The van der Waals surface area contributed by atoms with E-state index >= 15 is 0 Å². The first kappa shape index (κ1) is 35.7. The average Bonchev–Trinajstić information content (AvgIpc) is 3.71. The molecule has 2 nitrogen and oxygen atoms in total. The number of hydrogen-bond acceptors (Lipinski definition) is 1. The first-order valence-electron chi connectivity index (χ1n) is 20.1. The summed E-state index contributed by atoms with van der Waals surface area (Å²) in [5, 5.41) is 1.19. The van der Waals surface area contributed by atoms with Crippen LogP contribution in [0.5, 0.6) is 5.75 Å². The first-order valence-corrected chi connectivity index (χ1v) is 20.1. The molecule has 0 unspecified atom stereocenters. The number of benzene rings is 9. The topological polar surface area (TPSA) is 14.2 Å². The molecule has 0 fully saturated rings. The summed E-state index contributed by atoms with van der Waals surface area (Å²) in [6.45, 7) is 0. The number of rotatable bonds is 9. The Balaban J connectivity index is 1.18. The lowest BCUT2D eigenvalue weighted by Gasteiger charge is -2.13. The lowest BCUT2D eigenvalue weighted by atomic mass is 9.91. The molecule has 280 valence electrons. The van der Waals surface area contributed by atoms with Crippen LogP contribution in [0.3, 0.4) is 0 Å². The van der Waals surface area contributed by atoms with Gasteiger partial charge in [0.25, 0.3) is 0 Å². The average molecular weight is 756 g/mol. The molecule has 0 spiro atoms. The van der Waals surface area contributed by atoms with Crippen LogP contribution in [0.25, 0.3) is 94.5 Å².